The highest BCUT2D eigenvalue weighted by atomic mass is 15.2. The van der Waals surface area contributed by atoms with Gasteiger partial charge in [0.1, 0.15) is 0 Å². The van der Waals surface area contributed by atoms with Gasteiger partial charge in [-0.15, -0.1) is 0 Å². The van der Waals surface area contributed by atoms with E-state index in [0.717, 1.165) is 17.9 Å². The second kappa shape index (κ2) is 8.11. The molecule has 0 radical (unpaired) electrons. The highest BCUT2D eigenvalue weighted by molar-refractivity contribution is 4.78. The summed E-state index contributed by atoms with van der Waals surface area (Å²) in [6, 6.07) is 1.42. The van der Waals surface area contributed by atoms with Gasteiger partial charge < -0.3 is 0 Å². The molecule has 0 aliphatic heterocycles. The second-order valence-corrected chi connectivity index (χ2v) is 5.69. The summed E-state index contributed by atoms with van der Waals surface area (Å²) in [7, 11) is 0. The monoisotopic (exact) mass is 227 g/mol. The van der Waals surface area contributed by atoms with Crippen LogP contribution in [-0.2, 0) is 0 Å². The van der Waals surface area contributed by atoms with E-state index in [-0.39, 0.29) is 0 Å². The van der Waals surface area contributed by atoms with Crippen molar-refractivity contribution in [3.8, 4) is 0 Å². The smallest absolute Gasteiger partial charge is 0.0118 e. The SMILES string of the molecule is CCC(CC)CN(C(C)C)C(CC)C(C)C. The zero-order valence-electron chi connectivity index (χ0n) is 12.6. The molecule has 0 bridgehead atoms. The summed E-state index contributed by atoms with van der Waals surface area (Å²) < 4.78 is 0. The van der Waals surface area contributed by atoms with Crippen molar-refractivity contribution in [1.82, 2.24) is 4.90 Å². The molecule has 0 rings (SSSR count). The summed E-state index contributed by atoms with van der Waals surface area (Å²) in [5, 5.41) is 0. The lowest BCUT2D eigenvalue weighted by molar-refractivity contribution is 0.0913. The first-order valence-electron chi connectivity index (χ1n) is 7.23. The first kappa shape index (κ1) is 16.0. The van der Waals surface area contributed by atoms with Crippen molar-refractivity contribution in [2.45, 2.75) is 79.8 Å². The van der Waals surface area contributed by atoms with Crippen molar-refractivity contribution in [3.05, 3.63) is 0 Å². The maximum Gasteiger partial charge on any atom is 0.0118 e. The Morgan fingerprint density at radius 2 is 1.31 bits per heavy atom. The number of hydrogen-bond acceptors (Lipinski definition) is 1. The Hall–Kier alpha value is -0.0400. The topological polar surface area (TPSA) is 3.24 Å². The Morgan fingerprint density at radius 3 is 1.56 bits per heavy atom. The van der Waals surface area contributed by atoms with Gasteiger partial charge in [0, 0.05) is 18.6 Å². The van der Waals surface area contributed by atoms with Crippen LogP contribution in [0.15, 0.2) is 0 Å². The number of hydrogen-bond donors (Lipinski definition) is 0. The Morgan fingerprint density at radius 1 is 0.812 bits per heavy atom. The molecule has 1 atom stereocenters. The van der Waals surface area contributed by atoms with E-state index in [4.69, 9.17) is 0 Å². The maximum atomic E-state index is 2.72. The lowest BCUT2D eigenvalue weighted by Gasteiger charge is -2.39. The van der Waals surface area contributed by atoms with Gasteiger partial charge in [-0.05, 0) is 32.1 Å². The summed E-state index contributed by atoms with van der Waals surface area (Å²) in [6.45, 7) is 17.6. The highest BCUT2D eigenvalue weighted by Crippen LogP contribution is 2.21. The molecule has 0 saturated heterocycles. The number of nitrogens with zero attached hydrogens (tertiary/aromatic N) is 1. The van der Waals surface area contributed by atoms with Gasteiger partial charge in [-0.25, -0.2) is 0 Å². The van der Waals surface area contributed by atoms with E-state index in [2.05, 4.69) is 53.4 Å². The van der Waals surface area contributed by atoms with Gasteiger partial charge in [0.25, 0.3) is 0 Å². The predicted molar refractivity (Wildman–Crippen MR) is 74.8 cm³/mol. The largest absolute Gasteiger partial charge is 0.297 e. The van der Waals surface area contributed by atoms with Crippen LogP contribution in [0.4, 0.5) is 0 Å². The van der Waals surface area contributed by atoms with Crippen molar-refractivity contribution in [2.24, 2.45) is 11.8 Å². The molecule has 98 valence electrons. The van der Waals surface area contributed by atoms with Crippen LogP contribution < -0.4 is 0 Å². The maximum absolute atomic E-state index is 2.72. The van der Waals surface area contributed by atoms with E-state index in [1.165, 1.54) is 25.8 Å². The Labute approximate surface area is 104 Å². The Kier molecular flexibility index (Phi) is 8.09. The van der Waals surface area contributed by atoms with Crippen molar-refractivity contribution < 1.29 is 0 Å². The molecular formula is C15H33N. The lowest BCUT2D eigenvalue weighted by Crippen LogP contribution is -2.45. The summed E-state index contributed by atoms with van der Waals surface area (Å²) in [5.41, 5.74) is 0. The second-order valence-electron chi connectivity index (χ2n) is 5.69. The molecule has 0 N–H and O–H groups in total. The van der Waals surface area contributed by atoms with E-state index < -0.39 is 0 Å². The van der Waals surface area contributed by atoms with E-state index in [0.29, 0.717) is 6.04 Å². The van der Waals surface area contributed by atoms with Crippen LogP contribution in [0.25, 0.3) is 0 Å². The van der Waals surface area contributed by atoms with Gasteiger partial charge in [-0.1, -0.05) is 47.5 Å². The molecule has 0 aliphatic rings. The number of rotatable bonds is 8. The predicted octanol–water partition coefficient (Wildman–Crippen LogP) is 4.57. The van der Waals surface area contributed by atoms with Gasteiger partial charge in [0.15, 0.2) is 0 Å². The third-order valence-electron chi connectivity index (χ3n) is 3.90. The molecule has 0 saturated carbocycles. The van der Waals surface area contributed by atoms with E-state index >= 15 is 0 Å². The van der Waals surface area contributed by atoms with E-state index in [1.807, 2.05) is 0 Å². The van der Waals surface area contributed by atoms with Crippen molar-refractivity contribution in [1.29, 1.82) is 0 Å². The first-order valence-corrected chi connectivity index (χ1v) is 7.23. The van der Waals surface area contributed by atoms with Crippen LogP contribution in [0.5, 0.6) is 0 Å². The molecule has 0 aromatic heterocycles. The lowest BCUT2D eigenvalue weighted by atomic mass is 9.95. The normalized spacial score (nSPS) is 14.4. The van der Waals surface area contributed by atoms with Crippen LogP contribution >= 0.6 is 0 Å². The summed E-state index contributed by atoms with van der Waals surface area (Å²) >= 11 is 0. The molecule has 0 aromatic rings. The first-order chi connectivity index (χ1) is 7.47. The van der Waals surface area contributed by atoms with Gasteiger partial charge in [0.2, 0.25) is 0 Å². The van der Waals surface area contributed by atoms with Gasteiger partial charge >= 0.3 is 0 Å². The summed E-state index contributed by atoms with van der Waals surface area (Å²) in [5.74, 6) is 1.64. The average molecular weight is 227 g/mol. The van der Waals surface area contributed by atoms with Crippen LogP contribution in [0, 0.1) is 11.8 Å². The quantitative estimate of drug-likeness (QED) is 0.587. The van der Waals surface area contributed by atoms with E-state index in [9.17, 15) is 0 Å². The zero-order valence-corrected chi connectivity index (χ0v) is 12.6. The summed E-state index contributed by atoms with van der Waals surface area (Å²) in [4.78, 5) is 2.72. The standard InChI is InChI=1S/C15H33N/c1-8-14(9-2)11-16(13(6)7)15(10-3)12(4)5/h12-15H,8-11H2,1-7H3. The molecule has 0 aliphatic carbocycles. The van der Waals surface area contributed by atoms with Crippen LogP contribution in [0.1, 0.15) is 67.7 Å². The Balaban J connectivity index is 4.58. The molecule has 0 spiro atoms. The van der Waals surface area contributed by atoms with Crippen molar-refractivity contribution in [3.63, 3.8) is 0 Å². The molecule has 0 fully saturated rings. The molecule has 0 amide bonds. The van der Waals surface area contributed by atoms with Gasteiger partial charge in [-0.2, -0.15) is 0 Å². The molecular weight excluding hydrogens is 194 g/mol. The molecule has 1 nitrogen and oxygen atoms in total. The molecule has 1 unspecified atom stereocenters. The van der Waals surface area contributed by atoms with Crippen LogP contribution in [-0.4, -0.2) is 23.5 Å². The molecule has 0 heterocycles. The van der Waals surface area contributed by atoms with E-state index in [1.54, 1.807) is 0 Å². The third kappa shape index (κ3) is 4.86. The highest BCUT2D eigenvalue weighted by Gasteiger charge is 2.24. The fourth-order valence-corrected chi connectivity index (χ4v) is 2.66. The zero-order chi connectivity index (χ0) is 12.7. The van der Waals surface area contributed by atoms with Crippen molar-refractivity contribution in [2.75, 3.05) is 6.54 Å². The van der Waals surface area contributed by atoms with Crippen LogP contribution in [0.2, 0.25) is 0 Å². The third-order valence-corrected chi connectivity index (χ3v) is 3.90. The van der Waals surface area contributed by atoms with Gasteiger partial charge in [-0.3, -0.25) is 4.90 Å². The van der Waals surface area contributed by atoms with Crippen LogP contribution in [0.3, 0.4) is 0 Å². The average Bonchev–Trinajstić information content (AvgIpc) is 2.23. The fourth-order valence-electron chi connectivity index (χ4n) is 2.66. The summed E-state index contributed by atoms with van der Waals surface area (Å²) in [6.07, 6.45) is 3.90. The molecule has 1 heteroatoms. The van der Waals surface area contributed by atoms with Gasteiger partial charge in [0.05, 0.1) is 0 Å². The minimum Gasteiger partial charge on any atom is -0.297 e. The molecule has 0 aromatic carbocycles. The fraction of sp³-hybridized carbons (Fsp3) is 1.00. The minimum atomic E-state index is 0.674. The Bertz CT molecular complexity index is 159. The van der Waals surface area contributed by atoms with Crippen molar-refractivity contribution >= 4 is 0 Å². The molecule has 16 heavy (non-hydrogen) atoms. The minimum absolute atomic E-state index is 0.674.